The number of anilines is 2. The van der Waals surface area contributed by atoms with Crippen LogP contribution in [0.3, 0.4) is 0 Å². The highest BCUT2D eigenvalue weighted by molar-refractivity contribution is 5.97. The van der Waals surface area contributed by atoms with E-state index in [1.54, 1.807) is 39.8 Å². The van der Waals surface area contributed by atoms with Gasteiger partial charge in [-0.3, -0.25) is 10.1 Å². The van der Waals surface area contributed by atoms with Gasteiger partial charge in [-0.05, 0) is 39.3 Å². The zero-order valence-electron chi connectivity index (χ0n) is 17.8. The lowest BCUT2D eigenvalue weighted by atomic mass is 9.99. The van der Waals surface area contributed by atoms with Crippen LogP contribution >= 0.6 is 0 Å². The number of pyridine rings is 1. The zero-order valence-corrected chi connectivity index (χ0v) is 17.8. The molecule has 0 radical (unpaired) electrons. The van der Waals surface area contributed by atoms with Crippen molar-refractivity contribution in [1.29, 1.82) is 0 Å². The Kier molecular flexibility index (Phi) is 5.98. The highest BCUT2D eigenvalue weighted by Gasteiger charge is 2.39. The molecule has 3 rings (SSSR count). The van der Waals surface area contributed by atoms with Crippen LogP contribution < -0.4 is 15.5 Å². The van der Waals surface area contributed by atoms with Gasteiger partial charge in [0.15, 0.2) is 0 Å². The second kappa shape index (κ2) is 8.20. The minimum absolute atomic E-state index is 0.113. The molecule has 3 amide bonds. The molecule has 9 heteroatoms. The van der Waals surface area contributed by atoms with Crippen molar-refractivity contribution in [2.75, 3.05) is 10.2 Å². The van der Waals surface area contributed by atoms with Crippen LogP contribution in [0.4, 0.5) is 29.5 Å². The summed E-state index contributed by atoms with van der Waals surface area (Å²) in [6.07, 6.45) is -4.45. The Hall–Kier alpha value is -3.10. The number of urea groups is 1. The molecule has 0 unspecified atom stereocenters. The maximum absolute atomic E-state index is 13.8. The largest absolute Gasteiger partial charge is 0.420 e. The maximum Gasteiger partial charge on any atom is 0.420 e. The van der Waals surface area contributed by atoms with E-state index in [2.05, 4.69) is 15.6 Å². The number of rotatable bonds is 3. The van der Waals surface area contributed by atoms with E-state index in [1.807, 2.05) is 18.2 Å². The van der Waals surface area contributed by atoms with Gasteiger partial charge in [-0.15, -0.1) is 0 Å². The number of fused-ring (bicyclic) bond motifs is 1. The summed E-state index contributed by atoms with van der Waals surface area (Å²) in [4.78, 5) is 30.4. The van der Waals surface area contributed by atoms with Crippen molar-refractivity contribution in [2.45, 2.75) is 58.3 Å². The van der Waals surface area contributed by atoms with Crippen LogP contribution in [-0.2, 0) is 17.4 Å². The number of alkyl halides is 3. The molecular weight excluding hydrogens is 409 g/mol. The van der Waals surface area contributed by atoms with Gasteiger partial charge in [0.05, 0.1) is 17.4 Å². The molecule has 1 aromatic heterocycles. The van der Waals surface area contributed by atoms with Crippen molar-refractivity contribution in [3.05, 3.63) is 53.2 Å². The fraction of sp³-hybridized carbons (Fsp3) is 0.409. The van der Waals surface area contributed by atoms with Gasteiger partial charge in [0.2, 0.25) is 5.91 Å². The Bertz CT molecular complexity index is 985. The molecule has 0 spiro atoms. The molecule has 0 aliphatic carbocycles. The van der Waals surface area contributed by atoms with Gasteiger partial charge in [-0.1, -0.05) is 30.3 Å². The number of halogens is 3. The third kappa shape index (κ3) is 5.15. The van der Waals surface area contributed by atoms with Crippen LogP contribution in [0.5, 0.6) is 0 Å². The van der Waals surface area contributed by atoms with E-state index in [9.17, 15) is 22.8 Å². The summed E-state index contributed by atoms with van der Waals surface area (Å²) in [5.41, 5.74) is -0.493. The second-order valence-electron chi connectivity index (χ2n) is 8.53. The molecule has 0 saturated carbocycles. The predicted molar refractivity (Wildman–Crippen MR) is 112 cm³/mol. The first-order chi connectivity index (χ1) is 14.4. The predicted octanol–water partition coefficient (Wildman–Crippen LogP) is 5.06. The highest BCUT2D eigenvalue weighted by atomic mass is 19.4. The average Bonchev–Trinajstić information content (AvgIpc) is 2.65. The highest BCUT2D eigenvalue weighted by Crippen LogP contribution is 2.41. The Morgan fingerprint density at radius 3 is 2.35 bits per heavy atom. The normalized spacial score (nSPS) is 15.3. The van der Waals surface area contributed by atoms with E-state index < -0.39 is 35.2 Å². The van der Waals surface area contributed by atoms with Gasteiger partial charge in [0, 0.05) is 18.4 Å². The number of nitrogens with zero attached hydrogens (tertiary/aromatic N) is 2. The van der Waals surface area contributed by atoms with Crippen molar-refractivity contribution >= 4 is 23.4 Å². The first-order valence-corrected chi connectivity index (χ1v) is 9.94. The molecule has 2 heterocycles. The molecule has 1 aliphatic rings. The Morgan fingerprint density at radius 1 is 1.13 bits per heavy atom. The summed E-state index contributed by atoms with van der Waals surface area (Å²) in [6.45, 7) is 6.91. The quantitative estimate of drug-likeness (QED) is 0.709. The van der Waals surface area contributed by atoms with E-state index in [1.165, 1.54) is 4.90 Å². The third-order valence-electron chi connectivity index (χ3n) is 4.88. The second-order valence-corrected chi connectivity index (χ2v) is 8.53. The van der Waals surface area contributed by atoms with E-state index >= 15 is 0 Å². The van der Waals surface area contributed by atoms with Gasteiger partial charge < -0.3 is 10.2 Å². The monoisotopic (exact) mass is 434 g/mol. The van der Waals surface area contributed by atoms with Gasteiger partial charge in [0.25, 0.3) is 0 Å². The molecule has 0 fully saturated rings. The summed E-state index contributed by atoms with van der Waals surface area (Å²) in [7, 11) is 0. The van der Waals surface area contributed by atoms with E-state index in [-0.39, 0.29) is 24.4 Å². The van der Waals surface area contributed by atoms with Gasteiger partial charge in [-0.2, -0.15) is 13.2 Å². The molecule has 6 nitrogen and oxygen atoms in total. The SMILES string of the molecule is C[C@@H](c1ccccc1)N1C(=O)CCc2nc(NC(=O)NC(C)(C)C)c(C(F)(F)F)cc21. The molecule has 1 atom stereocenters. The average molecular weight is 434 g/mol. The first-order valence-electron chi connectivity index (χ1n) is 9.94. The van der Waals surface area contributed by atoms with Crippen molar-refractivity contribution in [1.82, 2.24) is 10.3 Å². The number of carbonyl (C=O) groups excluding carboxylic acids is 2. The standard InChI is InChI=1S/C22H25F3N4O2/c1-13(14-8-6-5-7-9-14)29-17-12-15(22(23,24)25)19(26-16(17)10-11-18(29)30)27-20(31)28-21(2,3)4/h5-9,12-13H,10-11H2,1-4H3,(H2,26,27,28,31)/t13-/m0/s1. The van der Waals surface area contributed by atoms with Gasteiger partial charge in [-0.25, -0.2) is 9.78 Å². The molecule has 0 saturated heterocycles. The number of carbonyl (C=O) groups is 2. The molecular formula is C22H25F3N4O2. The Balaban J connectivity index is 2.05. The summed E-state index contributed by atoms with van der Waals surface area (Å²) in [6, 6.07) is 8.72. The van der Waals surface area contributed by atoms with E-state index in [0.717, 1.165) is 11.6 Å². The van der Waals surface area contributed by atoms with E-state index in [0.29, 0.717) is 5.69 Å². The lowest BCUT2D eigenvalue weighted by molar-refractivity contribution is -0.137. The molecule has 2 aromatic rings. The molecule has 1 aromatic carbocycles. The van der Waals surface area contributed by atoms with Crippen molar-refractivity contribution < 1.29 is 22.8 Å². The molecule has 1 aliphatic heterocycles. The van der Waals surface area contributed by atoms with Crippen LogP contribution in [0.25, 0.3) is 0 Å². The minimum Gasteiger partial charge on any atom is -0.333 e. The number of amides is 3. The van der Waals surface area contributed by atoms with Crippen LogP contribution in [0.15, 0.2) is 36.4 Å². The summed E-state index contributed by atoms with van der Waals surface area (Å²) in [5.74, 6) is -0.848. The summed E-state index contributed by atoms with van der Waals surface area (Å²) in [5, 5.41) is 4.79. The Labute approximate surface area is 178 Å². The number of aromatic nitrogens is 1. The Morgan fingerprint density at radius 2 is 1.77 bits per heavy atom. The zero-order chi connectivity index (χ0) is 23.0. The third-order valence-corrected chi connectivity index (χ3v) is 4.88. The number of nitrogens with one attached hydrogen (secondary N) is 2. The number of hydrogen-bond donors (Lipinski definition) is 2. The van der Waals surface area contributed by atoms with Crippen molar-refractivity contribution in [2.24, 2.45) is 0 Å². The van der Waals surface area contributed by atoms with Crippen LogP contribution in [-0.4, -0.2) is 22.5 Å². The first kappa shape index (κ1) is 22.6. The van der Waals surface area contributed by atoms with Gasteiger partial charge >= 0.3 is 12.2 Å². The lowest BCUT2D eigenvalue weighted by Crippen LogP contribution is -2.43. The van der Waals surface area contributed by atoms with Crippen LogP contribution in [0, 0.1) is 0 Å². The van der Waals surface area contributed by atoms with Crippen molar-refractivity contribution in [3.63, 3.8) is 0 Å². The smallest absolute Gasteiger partial charge is 0.333 e. The number of hydrogen-bond acceptors (Lipinski definition) is 3. The molecule has 0 bridgehead atoms. The summed E-state index contributed by atoms with van der Waals surface area (Å²) >= 11 is 0. The van der Waals surface area contributed by atoms with Crippen LogP contribution in [0.2, 0.25) is 0 Å². The van der Waals surface area contributed by atoms with Gasteiger partial charge in [0.1, 0.15) is 11.4 Å². The lowest BCUT2D eigenvalue weighted by Gasteiger charge is -2.35. The fourth-order valence-corrected chi connectivity index (χ4v) is 3.51. The number of benzene rings is 1. The maximum atomic E-state index is 13.8. The minimum atomic E-state index is -4.77. The molecule has 31 heavy (non-hydrogen) atoms. The van der Waals surface area contributed by atoms with Crippen LogP contribution in [0.1, 0.15) is 57.0 Å². The summed E-state index contributed by atoms with van der Waals surface area (Å²) < 4.78 is 41.5. The molecule has 166 valence electrons. The topological polar surface area (TPSA) is 74.3 Å². The molecule has 2 N–H and O–H groups in total. The number of aryl methyl sites for hydroxylation is 1. The van der Waals surface area contributed by atoms with Crippen molar-refractivity contribution in [3.8, 4) is 0 Å². The van der Waals surface area contributed by atoms with E-state index in [4.69, 9.17) is 0 Å². The fourth-order valence-electron chi connectivity index (χ4n) is 3.51.